The summed E-state index contributed by atoms with van der Waals surface area (Å²) in [5, 5.41) is 9.77. The molecule has 1 atom stereocenters. The molecule has 2 fully saturated rings. The van der Waals surface area contributed by atoms with Crippen molar-refractivity contribution in [2.24, 2.45) is 11.8 Å². The number of hydrogen-bond acceptors (Lipinski definition) is 9. The van der Waals surface area contributed by atoms with E-state index in [0.29, 0.717) is 58.4 Å². The number of carboxylic acids is 1. The highest BCUT2D eigenvalue weighted by Gasteiger charge is 2.36. The van der Waals surface area contributed by atoms with Crippen molar-refractivity contribution in [3.05, 3.63) is 68.7 Å². The van der Waals surface area contributed by atoms with E-state index in [2.05, 4.69) is 4.98 Å². The van der Waals surface area contributed by atoms with Crippen molar-refractivity contribution >= 4 is 27.5 Å². The number of carbonyl (C=O) groups is 1. The van der Waals surface area contributed by atoms with Gasteiger partial charge >= 0.3 is 11.7 Å². The number of para-hydroxylation sites is 1. The standard InChI is InChI=1S/C30H33N3O8S/c1-17-24-27(34)32(15-18-13-19(14-18)29(35)36)30(37)33(28(24)42-25(17)26-31-9-12-40-26)16-23(41-20-7-10-39-11-8-20)21-5-3-4-6-22(21)38-2/h3-6,9,12,18-20,23H,7-8,10-11,13-16H2,1-2H3,(H,35,36)/t18?,19?,23-/m1/s1. The summed E-state index contributed by atoms with van der Waals surface area (Å²) in [5.74, 6) is -0.346. The third-order valence-corrected chi connectivity index (χ3v) is 9.61. The molecular formula is C30H33N3O8S. The molecule has 0 unspecified atom stereocenters. The minimum atomic E-state index is -0.847. The predicted molar refractivity (Wildman–Crippen MR) is 155 cm³/mol. The molecule has 4 aromatic rings. The number of methoxy groups -OCH3 is 1. The number of nitrogens with zero attached hydrogens (tertiary/aromatic N) is 3. The first-order valence-corrected chi connectivity index (χ1v) is 14.9. The maximum atomic E-state index is 14.2. The fraction of sp³-hybridized carbons (Fsp3) is 0.467. The maximum absolute atomic E-state index is 14.2. The van der Waals surface area contributed by atoms with Crippen molar-refractivity contribution in [3.8, 4) is 16.5 Å². The monoisotopic (exact) mass is 595 g/mol. The number of carboxylic acid groups (broad SMARTS) is 1. The lowest BCUT2D eigenvalue weighted by Gasteiger charge is -2.32. The highest BCUT2D eigenvalue weighted by atomic mass is 32.1. The third-order valence-electron chi connectivity index (χ3n) is 8.31. The molecule has 42 heavy (non-hydrogen) atoms. The molecule has 4 heterocycles. The quantitative estimate of drug-likeness (QED) is 0.286. The molecular weight excluding hydrogens is 562 g/mol. The normalized spacial score (nSPS) is 20.0. The van der Waals surface area contributed by atoms with Crippen LogP contribution in [-0.2, 0) is 27.4 Å². The molecule has 1 saturated carbocycles. The van der Waals surface area contributed by atoms with Crippen LogP contribution in [0.15, 0.2) is 50.7 Å². The Kier molecular flexibility index (Phi) is 8.02. The van der Waals surface area contributed by atoms with Crippen LogP contribution in [0, 0.1) is 18.8 Å². The summed E-state index contributed by atoms with van der Waals surface area (Å²) in [4.78, 5) is 44.9. The van der Waals surface area contributed by atoms with Crippen molar-refractivity contribution in [1.29, 1.82) is 0 Å². The van der Waals surface area contributed by atoms with Crippen molar-refractivity contribution in [1.82, 2.24) is 14.1 Å². The fourth-order valence-corrected chi connectivity index (χ4v) is 7.20. The van der Waals surface area contributed by atoms with Gasteiger partial charge in [-0.2, -0.15) is 0 Å². The van der Waals surface area contributed by atoms with Gasteiger partial charge in [0.05, 0.1) is 42.1 Å². The van der Waals surface area contributed by atoms with E-state index in [1.165, 1.54) is 22.2 Å². The Morgan fingerprint density at radius 2 is 1.95 bits per heavy atom. The van der Waals surface area contributed by atoms with Gasteiger partial charge in [0.1, 0.15) is 22.9 Å². The van der Waals surface area contributed by atoms with Gasteiger partial charge in [0.2, 0.25) is 5.89 Å². The number of rotatable bonds is 10. The zero-order valence-corrected chi connectivity index (χ0v) is 24.3. The first kappa shape index (κ1) is 28.4. The van der Waals surface area contributed by atoms with Crippen LogP contribution in [0.2, 0.25) is 0 Å². The van der Waals surface area contributed by atoms with Gasteiger partial charge in [-0.15, -0.1) is 11.3 Å². The van der Waals surface area contributed by atoms with E-state index in [1.54, 1.807) is 17.9 Å². The second-order valence-electron chi connectivity index (χ2n) is 10.9. The number of aromatic nitrogens is 3. The Balaban J connectivity index is 1.48. The number of oxazole rings is 1. The van der Waals surface area contributed by atoms with Crippen molar-refractivity contribution in [3.63, 3.8) is 0 Å². The molecule has 3 aromatic heterocycles. The van der Waals surface area contributed by atoms with E-state index < -0.39 is 29.2 Å². The number of fused-ring (bicyclic) bond motifs is 1. The summed E-state index contributed by atoms with van der Waals surface area (Å²) < 4.78 is 26.3. The summed E-state index contributed by atoms with van der Waals surface area (Å²) in [7, 11) is 1.60. The summed E-state index contributed by atoms with van der Waals surface area (Å²) in [6.07, 6.45) is 4.72. The molecule has 0 spiro atoms. The Bertz CT molecular complexity index is 1690. The van der Waals surface area contributed by atoms with Gasteiger partial charge < -0.3 is 23.7 Å². The topological polar surface area (TPSA) is 135 Å². The average Bonchev–Trinajstić information content (AvgIpc) is 3.62. The average molecular weight is 596 g/mol. The van der Waals surface area contributed by atoms with Crippen LogP contribution < -0.4 is 16.0 Å². The molecule has 1 saturated heterocycles. The second kappa shape index (κ2) is 11.9. The molecule has 1 aliphatic carbocycles. The Labute approximate surface area is 245 Å². The van der Waals surface area contributed by atoms with Crippen LogP contribution in [0.1, 0.15) is 42.9 Å². The Hall–Kier alpha value is -3.74. The van der Waals surface area contributed by atoms with Gasteiger partial charge in [-0.25, -0.2) is 9.78 Å². The van der Waals surface area contributed by atoms with E-state index in [-0.39, 0.29) is 25.1 Å². The number of aryl methyl sites for hydroxylation is 1. The minimum absolute atomic E-state index is 0.0679. The molecule has 222 valence electrons. The van der Waals surface area contributed by atoms with Gasteiger partial charge in [0, 0.05) is 25.3 Å². The summed E-state index contributed by atoms with van der Waals surface area (Å²) in [6.45, 7) is 3.32. The van der Waals surface area contributed by atoms with Crippen LogP contribution in [0.5, 0.6) is 5.75 Å². The van der Waals surface area contributed by atoms with Crippen LogP contribution in [0.4, 0.5) is 0 Å². The van der Waals surface area contributed by atoms with Crippen molar-refractivity contribution in [2.45, 2.75) is 57.9 Å². The lowest BCUT2D eigenvalue weighted by Crippen LogP contribution is -2.44. The molecule has 0 amide bonds. The molecule has 0 bridgehead atoms. The van der Waals surface area contributed by atoms with E-state index >= 15 is 0 Å². The first-order chi connectivity index (χ1) is 20.4. The first-order valence-electron chi connectivity index (χ1n) is 14.1. The SMILES string of the molecule is COc1ccccc1[C@@H](Cn1c(=O)n(CC2CC(C(=O)O)C2)c(=O)c2c(C)c(-c3ncco3)sc21)OC1CCOCC1. The molecule has 0 radical (unpaired) electrons. The smallest absolute Gasteiger partial charge is 0.332 e. The maximum Gasteiger partial charge on any atom is 0.332 e. The van der Waals surface area contributed by atoms with Gasteiger partial charge in [-0.05, 0) is 50.2 Å². The van der Waals surface area contributed by atoms with Crippen LogP contribution in [0.25, 0.3) is 21.0 Å². The second-order valence-corrected chi connectivity index (χ2v) is 11.9. The lowest BCUT2D eigenvalue weighted by atomic mass is 9.75. The van der Waals surface area contributed by atoms with Crippen LogP contribution in [0.3, 0.4) is 0 Å². The number of aliphatic carboxylic acids is 1. The third kappa shape index (κ3) is 5.30. The number of thiophene rings is 1. The van der Waals surface area contributed by atoms with Crippen molar-refractivity contribution < 1.29 is 28.5 Å². The van der Waals surface area contributed by atoms with Crippen molar-refractivity contribution in [2.75, 3.05) is 20.3 Å². The molecule has 2 aliphatic rings. The zero-order chi connectivity index (χ0) is 29.4. The fourth-order valence-electron chi connectivity index (χ4n) is 5.96. The molecule has 1 N–H and O–H groups in total. The van der Waals surface area contributed by atoms with Crippen LogP contribution >= 0.6 is 11.3 Å². The minimum Gasteiger partial charge on any atom is -0.496 e. The van der Waals surface area contributed by atoms with E-state index in [9.17, 15) is 19.5 Å². The lowest BCUT2D eigenvalue weighted by molar-refractivity contribution is -0.146. The predicted octanol–water partition coefficient (Wildman–Crippen LogP) is 4.24. The van der Waals surface area contributed by atoms with Gasteiger partial charge in [-0.1, -0.05) is 18.2 Å². The molecule has 12 heteroatoms. The molecule has 1 aliphatic heterocycles. The molecule has 11 nitrogen and oxygen atoms in total. The zero-order valence-electron chi connectivity index (χ0n) is 23.5. The number of ether oxygens (including phenoxy) is 3. The molecule has 1 aromatic carbocycles. The number of hydrogen-bond donors (Lipinski definition) is 1. The van der Waals surface area contributed by atoms with Gasteiger partial charge in [-0.3, -0.25) is 18.7 Å². The summed E-state index contributed by atoms with van der Waals surface area (Å²) >= 11 is 1.29. The highest BCUT2D eigenvalue weighted by Crippen LogP contribution is 2.38. The van der Waals surface area contributed by atoms with Crippen LogP contribution in [-0.4, -0.2) is 51.6 Å². The number of benzene rings is 1. The largest absolute Gasteiger partial charge is 0.496 e. The summed E-state index contributed by atoms with van der Waals surface area (Å²) in [6, 6.07) is 7.58. The van der Waals surface area contributed by atoms with Gasteiger partial charge in [0.15, 0.2) is 0 Å². The van der Waals surface area contributed by atoms with E-state index in [0.717, 1.165) is 18.4 Å². The van der Waals surface area contributed by atoms with E-state index in [1.807, 2.05) is 31.2 Å². The van der Waals surface area contributed by atoms with Gasteiger partial charge in [0.25, 0.3) is 5.56 Å². The Morgan fingerprint density at radius 1 is 1.19 bits per heavy atom. The molecule has 6 rings (SSSR count). The summed E-state index contributed by atoms with van der Waals surface area (Å²) in [5.41, 5.74) is 0.632. The Morgan fingerprint density at radius 3 is 2.64 bits per heavy atom. The highest BCUT2D eigenvalue weighted by molar-refractivity contribution is 7.22. The van der Waals surface area contributed by atoms with E-state index in [4.69, 9.17) is 18.6 Å².